The summed E-state index contributed by atoms with van der Waals surface area (Å²) in [5.74, 6) is -2.14. The average Bonchev–Trinajstić information content (AvgIpc) is 3.84. The Kier molecular flexibility index (Phi) is 7.83. The number of primary amides is 1. The van der Waals surface area contributed by atoms with Crippen LogP contribution in [0.15, 0.2) is 48.5 Å². The van der Waals surface area contributed by atoms with Crippen LogP contribution in [0.5, 0.6) is 11.5 Å². The summed E-state index contributed by atoms with van der Waals surface area (Å²) in [5.41, 5.74) is 0.841. The number of aliphatic hydroxyl groups is 2. The van der Waals surface area contributed by atoms with E-state index in [-0.39, 0.29) is 53.0 Å². The summed E-state index contributed by atoms with van der Waals surface area (Å²) in [4.78, 5) is 34.4. The number of hydrogen-bond acceptors (Lipinski definition) is 8. The largest absolute Gasteiger partial charge is 0.494 e. The van der Waals surface area contributed by atoms with Crippen LogP contribution in [0.25, 0.3) is 22.2 Å². The number of rotatable bonds is 9. The highest BCUT2D eigenvalue weighted by Gasteiger charge is 2.57. The van der Waals surface area contributed by atoms with Crippen molar-refractivity contribution < 1.29 is 46.8 Å². The third kappa shape index (κ3) is 5.50. The summed E-state index contributed by atoms with van der Waals surface area (Å²) in [6.07, 6.45) is -3.55. The zero-order chi connectivity index (χ0) is 33.9. The van der Waals surface area contributed by atoms with Crippen molar-refractivity contribution in [3.8, 4) is 22.8 Å². The number of aromatic nitrogens is 2. The first-order valence-electron chi connectivity index (χ1n) is 14.6. The molecule has 2 aromatic carbocycles. The van der Waals surface area contributed by atoms with Crippen molar-refractivity contribution >= 4 is 22.7 Å². The second-order valence-electron chi connectivity index (χ2n) is 12.0. The summed E-state index contributed by atoms with van der Waals surface area (Å²) < 4.78 is 69.2. The molecule has 47 heavy (non-hydrogen) atoms. The molecule has 2 aliphatic rings. The quantitative estimate of drug-likeness (QED) is 0.196. The number of aliphatic hydroxyl groups excluding tert-OH is 1. The number of nitrogens with two attached hydrogens (primary N) is 1. The molecule has 6 rings (SSSR count). The number of methoxy groups -OCH3 is 1. The van der Waals surface area contributed by atoms with Crippen LogP contribution in [-0.4, -0.2) is 58.4 Å². The van der Waals surface area contributed by atoms with Crippen LogP contribution >= 0.6 is 0 Å². The van der Waals surface area contributed by atoms with Crippen LogP contribution < -0.4 is 20.5 Å². The van der Waals surface area contributed by atoms with Crippen molar-refractivity contribution in [1.82, 2.24) is 15.3 Å². The number of amides is 2. The molecule has 3 heterocycles. The number of alkyl halides is 3. The van der Waals surface area contributed by atoms with Crippen LogP contribution in [0.3, 0.4) is 0 Å². The maximum Gasteiger partial charge on any atom is 0.424 e. The van der Waals surface area contributed by atoms with Gasteiger partial charge in [0.15, 0.2) is 0 Å². The smallest absolute Gasteiger partial charge is 0.424 e. The average molecular weight is 655 g/mol. The zero-order valence-electron chi connectivity index (χ0n) is 25.2. The van der Waals surface area contributed by atoms with Gasteiger partial charge in [0.05, 0.1) is 31.6 Å². The fourth-order valence-electron chi connectivity index (χ4n) is 5.72. The first-order valence-corrected chi connectivity index (χ1v) is 14.6. The van der Waals surface area contributed by atoms with Gasteiger partial charge < -0.3 is 30.7 Å². The molecular formula is C33H30F4N4O6. The van der Waals surface area contributed by atoms with E-state index < -0.39 is 47.1 Å². The Hall–Kier alpha value is -4.82. The molecule has 1 aliphatic heterocycles. The maximum absolute atomic E-state index is 14.8. The number of ether oxygens (including phenoxy) is 2. The molecule has 0 saturated heterocycles. The number of pyridine rings is 2. The molecule has 0 unspecified atom stereocenters. The molecule has 2 atom stereocenters. The predicted octanol–water partition coefficient (Wildman–Crippen LogP) is 4.13. The lowest BCUT2D eigenvalue weighted by Gasteiger charge is -2.31. The van der Waals surface area contributed by atoms with E-state index >= 15 is 0 Å². The van der Waals surface area contributed by atoms with Crippen molar-refractivity contribution in [3.63, 3.8) is 0 Å². The van der Waals surface area contributed by atoms with Gasteiger partial charge in [0.1, 0.15) is 40.5 Å². The van der Waals surface area contributed by atoms with E-state index in [0.29, 0.717) is 16.6 Å². The Bertz CT molecular complexity index is 1910. The number of nitrogens with one attached hydrogen (secondary N) is 1. The number of halogens is 4. The number of carbonyl (C=O) groups excluding carboxylic acids is 2. The third-order valence-electron chi connectivity index (χ3n) is 8.78. The van der Waals surface area contributed by atoms with E-state index in [4.69, 9.17) is 15.2 Å². The predicted molar refractivity (Wildman–Crippen MR) is 160 cm³/mol. The van der Waals surface area contributed by atoms with Crippen molar-refractivity contribution in [1.29, 1.82) is 0 Å². The van der Waals surface area contributed by atoms with E-state index in [9.17, 15) is 37.4 Å². The van der Waals surface area contributed by atoms with Crippen LogP contribution in [0.2, 0.25) is 0 Å². The zero-order valence-corrected chi connectivity index (χ0v) is 25.2. The molecule has 0 spiro atoms. The molecule has 14 heteroatoms. The normalized spacial score (nSPS) is 18.7. The molecule has 0 radical (unpaired) electrons. The van der Waals surface area contributed by atoms with Gasteiger partial charge in [-0.15, -0.1) is 0 Å². The lowest BCUT2D eigenvalue weighted by molar-refractivity contribution is -0.265. The molecule has 1 aliphatic carbocycles. The van der Waals surface area contributed by atoms with E-state index in [1.54, 1.807) is 6.07 Å². The van der Waals surface area contributed by atoms with Gasteiger partial charge in [0.2, 0.25) is 11.5 Å². The first kappa shape index (κ1) is 32.1. The molecule has 2 aromatic heterocycles. The Balaban J connectivity index is 1.40. The molecule has 2 amide bonds. The van der Waals surface area contributed by atoms with Gasteiger partial charge in [-0.25, -0.2) is 14.4 Å². The topological polar surface area (TPSA) is 157 Å². The lowest BCUT2D eigenvalue weighted by atomic mass is 9.81. The monoisotopic (exact) mass is 654 g/mol. The summed E-state index contributed by atoms with van der Waals surface area (Å²) in [7, 11) is 1.34. The highest BCUT2D eigenvalue weighted by atomic mass is 19.4. The fourth-order valence-corrected chi connectivity index (χ4v) is 5.72. The fraction of sp³-hybridized carbons (Fsp3) is 0.333. The van der Waals surface area contributed by atoms with Gasteiger partial charge in [-0.1, -0.05) is 0 Å². The van der Waals surface area contributed by atoms with E-state index in [2.05, 4.69) is 15.3 Å². The molecule has 0 bridgehead atoms. The first-order chi connectivity index (χ1) is 22.2. The molecule has 5 N–H and O–H groups in total. The van der Waals surface area contributed by atoms with Gasteiger partial charge in [0.25, 0.3) is 5.91 Å². The van der Waals surface area contributed by atoms with Crippen molar-refractivity contribution in [2.45, 2.75) is 49.5 Å². The summed E-state index contributed by atoms with van der Waals surface area (Å²) >= 11 is 0. The number of carbonyl (C=O) groups is 2. The Labute approximate surface area is 265 Å². The Morgan fingerprint density at radius 1 is 1.13 bits per heavy atom. The van der Waals surface area contributed by atoms with Crippen molar-refractivity contribution in [2.75, 3.05) is 20.3 Å². The van der Waals surface area contributed by atoms with Crippen LogP contribution in [0.1, 0.15) is 58.6 Å². The number of nitrogens with zero attached hydrogens (tertiary/aromatic N) is 2. The van der Waals surface area contributed by atoms with Crippen LogP contribution in [-0.2, 0) is 22.4 Å². The Morgan fingerprint density at radius 3 is 2.43 bits per heavy atom. The SMILES string of the molecule is COc1cc(C(=O)NC[C@](O)(c2cc3c(c(-c4ccc(F)cc4)n2)OC[C@]3(C)C(N)=O)C(F)(F)F)cc2cc(C3CC3)c(CO)nc12. The molecule has 246 valence electrons. The van der Waals surface area contributed by atoms with Crippen molar-refractivity contribution in [2.24, 2.45) is 5.73 Å². The van der Waals surface area contributed by atoms with Gasteiger partial charge in [-0.3, -0.25) is 9.59 Å². The summed E-state index contributed by atoms with van der Waals surface area (Å²) in [5, 5.41) is 23.8. The van der Waals surface area contributed by atoms with Gasteiger partial charge in [-0.05, 0) is 79.8 Å². The highest BCUT2D eigenvalue weighted by molar-refractivity contribution is 6.00. The van der Waals surface area contributed by atoms with Crippen LogP contribution in [0, 0.1) is 5.82 Å². The number of hydrogen-bond donors (Lipinski definition) is 4. The second-order valence-corrected chi connectivity index (χ2v) is 12.0. The van der Waals surface area contributed by atoms with Gasteiger partial charge >= 0.3 is 6.18 Å². The van der Waals surface area contributed by atoms with E-state index in [0.717, 1.165) is 36.6 Å². The number of fused-ring (bicyclic) bond motifs is 2. The molecule has 10 nitrogen and oxygen atoms in total. The second kappa shape index (κ2) is 11.5. The van der Waals surface area contributed by atoms with Gasteiger partial charge in [-0.2, -0.15) is 13.2 Å². The summed E-state index contributed by atoms with van der Waals surface area (Å²) in [6.45, 7) is -0.589. The molecular weight excluding hydrogens is 624 g/mol. The minimum absolute atomic E-state index is 0.0398. The third-order valence-corrected chi connectivity index (χ3v) is 8.78. The standard InChI is InChI=1S/C33H30F4N4O6/c1-31(30(38)44)15-47-28-22(31)12-25(41-27(28)17-5-7-20(34)8-6-17)32(45,33(35,36)37)14-39-29(43)19-9-18-10-21(16-3-4-16)23(13-42)40-26(18)24(11-19)46-2/h5-12,16,42,45H,3-4,13-15H2,1-2H3,(H2,38,44)(H,39,43)/t31-,32-/m0/s1. The van der Waals surface area contributed by atoms with E-state index in [1.165, 1.54) is 38.3 Å². The van der Waals surface area contributed by atoms with Gasteiger partial charge in [0, 0.05) is 22.1 Å². The lowest BCUT2D eigenvalue weighted by Crippen LogP contribution is -2.51. The van der Waals surface area contributed by atoms with Crippen LogP contribution in [0.4, 0.5) is 17.6 Å². The maximum atomic E-state index is 14.8. The number of benzene rings is 2. The molecule has 1 fully saturated rings. The van der Waals surface area contributed by atoms with Crippen molar-refractivity contribution in [3.05, 3.63) is 82.4 Å². The minimum Gasteiger partial charge on any atom is -0.494 e. The Morgan fingerprint density at radius 2 is 1.83 bits per heavy atom. The van der Waals surface area contributed by atoms with E-state index in [1.807, 2.05) is 0 Å². The highest BCUT2D eigenvalue weighted by Crippen LogP contribution is 2.48. The molecule has 1 saturated carbocycles. The molecule has 4 aromatic rings. The minimum atomic E-state index is -5.38. The summed E-state index contributed by atoms with van der Waals surface area (Å²) in [6, 6.07) is 10.1.